The van der Waals surface area contributed by atoms with Crippen molar-refractivity contribution in [2.45, 2.75) is 32.7 Å². The third-order valence-electron chi connectivity index (χ3n) is 3.41. The zero-order chi connectivity index (χ0) is 13.8. The van der Waals surface area contributed by atoms with Crippen LogP contribution in [0.4, 0.5) is 0 Å². The highest BCUT2D eigenvalue weighted by Crippen LogP contribution is 2.22. The van der Waals surface area contributed by atoms with Crippen molar-refractivity contribution in [3.63, 3.8) is 0 Å². The molecule has 4 nitrogen and oxygen atoms in total. The minimum atomic E-state index is -0.916. The lowest BCUT2D eigenvalue weighted by atomic mass is 9.90. The summed E-state index contributed by atoms with van der Waals surface area (Å²) in [6.45, 7) is 7.05. The number of carboxylic acids is 1. The van der Waals surface area contributed by atoms with Crippen molar-refractivity contribution in [3.8, 4) is 5.75 Å². The van der Waals surface area contributed by atoms with Crippen LogP contribution in [0.1, 0.15) is 26.3 Å². The number of likely N-dealkylation sites (N-methyl/N-ethyl adjacent to an activating group) is 1. The number of carboxylic acid groups (broad SMARTS) is 1. The Hall–Kier alpha value is -1.55. The Labute approximate surface area is 108 Å². The van der Waals surface area contributed by atoms with E-state index in [1.165, 1.54) is 0 Å². The van der Waals surface area contributed by atoms with Crippen LogP contribution in [0.15, 0.2) is 24.3 Å². The molecule has 0 aliphatic rings. The molecule has 0 aliphatic heterocycles. The molecule has 18 heavy (non-hydrogen) atoms. The number of phenols is 1. The van der Waals surface area contributed by atoms with Crippen molar-refractivity contribution < 1.29 is 15.0 Å². The molecular weight excluding hydrogens is 230 g/mol. The second-order valence-electron chi connectivity index (χ2n) is 4.59. The fraction of sp³-hybridized carbons (Fsp3) is 0.500. The van der Waals surface area contributed by atoms with Gasteiger partial charge >= 0.3 is 5.97 Å². The summed E-state index contributed by atoms with van der Waals surface area (Å²) in [6.07, 6.45) is 0.421. The number of aliphatic carboxylic acids is 1. The summed E-state index contributed by atoms with van der Waals surface area (Å²) in [5.74, 6) is -0.627. The number of nitrogens with zero attached hydrogens (tertiary/aromatic N) is 1. The van der Waals surface area contributed by atoms with Gasteiger partial charge in [-0.2, -0.15) is 0 Å². The average molecular weight is 251 g/mol. The Morgan fingerprint density at radius 2 is 1.72 bits per heavy atom. The van der Waals surface area contributed by atoms with Crippen LogP contribution in [0, 0.1) is 0 Å². The minimum absolute atomic E-state index is 0.193. The van der Waals surface area contributed by atoms with E-state index < -0.39 is 11.5 Å². The second kappa shape index (κ2) is 5.87. The van der Waals surface area contributed by atoms with Gasteiger partial charge in [0.1, 0.15) is 11.3 Å². The third kappa shape index (κ3) is 3.01. The van der Waals surface area contributed by atoms with E-state index in [9.17, 15) is 15.0 Å². The van der Waals surface area contributed by atoms with Crippen molar-refractivity contribution in [2.24, 2.45) is 0 Å². The Bertz CT molecular complexity index is 398. The first-order chi connectivity index (χ1) is 8.43. The fourth-order valence-electron chi connectivity index (χ4n) is 2.26. The Balaban J connectivity index is 2.99. The summed E-state index contributed by atoms with van der Waals surface area (Å²) in [6, 6.07) is 6.69. The fourth-order valence-corrected chi connectivity index (χ4v) is 2.26. The van der Waals surface area contributed by atoms with Crippen molar-refractivity contribution in [1.82, 2.24) is 4.90 Å². The summed E-state index contributed by atoms with van der Waals surface area (Å²) >= 11 is 0. The van der Waals surface area contributed by atoms with Crippen LogP contribution in [0.2, 0.25) is 0 Å². The smallest absolute Gasteiger partial charge is 0.324 e. The molecule has 0 saturated carbocycles. The third-order valence-corrected chi connectivity index (χ3v) is 3.41. The van der Waals surface area contributed by atoms with Gasteiger partial charge in [0, 0.05) is 6.42 Å². The number of hydrogen-bond acceptors (Lipinski definition) is 3. The maximum atomic E-state index is 11.6. The molecule has 1 atom stereocenters. The molecule has 0 aromatic heterocycles. The van der Waals surface area contributed by atoms with Crippen molar-refractivity contribution in [2.75, 3.05) is 13.1 Å². The highest BCUT2D eigenvalue weighted by molar-refractivity contribution is 5.78. The molecular formula is C14H21NO3. The maximum Gasteiger partial charge on any atom is 0.324 e. The van der Waals surface area contributed by atoms with Gasteiger partial charge in [0.05, 0.1) is 0 Å². The molecule has 0 heterocycles. The standard InChI is InChI=1S/C14H21NO3/c1-4-15(5-2)14(3,13(17)18)10-11-6-8-12(16)9-7-11/h6-9,16H,4-5,10H2,1-3H3,(H,17,18). The van der Waals surface area contributed by atoms with Gasteiger partial charge in [-0.05, 0) is 37.7 Å². The lowest BCUT2D eigenvalue weighted by Gasteiger charge is -2.36. The summed E-state index contributed by atoms with van der Waals surface area (Å²) in [5, 5.41) is 18.7. The van der Waals surface area contributed by atoms with Gasteiger partial charge < -0.3 is 10.2 Å². The van der Waals surface area contributed by atoms with Crippen LogP contribution in [-0.4, -0.2) is 39.7 Å². The van der Waals surface area contributed by atoms with Crippen molar-refractivity contribution in [1.29, 1.82) is 0 Å². The van der Waals surface area contributed by atoms with Gasteiger partial charge in [-0.1, -0.05) is 26.0 Å². The highest BCUT2D eigenvalue weighted by Gasteiger charge is 2.38. The molecule has 0 saturated heterocycles. The van der Waals surface area contributed by atoms with Crippen LogP contribution in [0.5, 0.6) is 5.75 Å². The second-order valence-corrected chi connectivity index (χ2v) is 4.59. The monoisotopic (exact) mass is 251 g/mol. The SMILES string of the molecule is CCN(CC)C(C)(Cc1ccc(O)cc1)C(=O)O. The van der Waals surface area contributed by atoms with E-state index in [4.69, 9.17) is 0 Å². The number of rotatable bonds is 6. The topological polar surface area (TPSA) is 60.8 Å². The first-order valence-corrected chi connectivity index (χ1v) is 6.20. The van der Waals surface area contributed by atoms with E-state index in [0.717, 1.165) is 5.56 Å². The first-order valence-electron chi connectivity index (χ1n) is 6.20. The van der Waals surface area contributed by atoms with E-state index in [0.29, 0.717) is 19.5 Å². The number of carbonyl (C=O) groups is 1. The largest absolute Gasteiger partial charge is 0.508 e. The predicted octanol–water partition coefficient (Wildman–Crippen LogP) is 2.12. The Morgan fingerprint density at radius 3 is 2.11 bits per heavy atom. The summed E-state index contributed by atoms with van der Waals surface area (Å²) in [4.78, 5) is 13.5. The summed E-state index contributed by atoms with van der Waals surface area (Å²) in [7, 11) is 0. The number of aromatic hydroxyl groups is 1. The van der Waals surface area contributed by atoms with E-state index in [1.54, 1.807) is 31.2 Å². The molecule has 0 fully saturated rings. The van der Waals surface area contributed by atoms with Crippen LogP contribution in [0.25, 0.3) is 0 Å². The minimum Gasteiger partial charge on any atom is -0.508 e. The zero-order valence-electron chi connectivity index (χ0n) is 11.2. The van der Waals surface area contributed by atoms with Gasteiger partial charge in [-0.3, -0.25) is 9.69 Å². The van der Waals surface area contributed by atoms with Crippen LogP contribution in [0.3, 0.4) is 0 Å². The van der Waals surface area contributed by atoms with E-state index in [2.05, 4.69) is 0 Å². The van der Waals surface area contributed by atoms with Crippen molar-refractivity contribution >= 4 is 5.97 Å². The van der Waals surface area contributed by atoms with Gasteiger partial charge in [-0.15, -0.1) is 0 Å². The maximum absolute atomic E-state index is 11.6. The molecule has 1 aromatic carbocycles. The van der Waals surface area contributed by atoms with E-state index in [-0.39, 0.29) is 5.75 Å². The Morgan fingerprint density at radius 1 is 1.22 bits per heavy atom. The Kier molecular flexibility index (Phi) is 4.73. The predicted molar refractivity (Wildman–Crippen MR) is 70.8 cm³/mol. The van der Waals surface area contributed by atoms with Crippen LogP contribution < -0.4 is 0 Å². The number of hydrogen-bond donors (Lipinski definition) is 2. The normalized spacial score (nSPS) is 14.4. The molecule has 0 radical (unpaired) electrons. The van der Waals surface area contributed by atoms with Gasteiger partial charge in [0.15, 0.2) is 0 Å². The van der Waals surface area contributed by atoms with E-state index >= 15 is 0 Å². The molecule has 1 aromatic rings. The molecule has 1 rings (SSSR count). The lowest BCUT2D eigenvalue weighted by Crippen LogP contribution is -2.53. The van der Waals surface area contributed by atoms with Crippen LogP contribution >= 0.6 is 0 Å². The lowest BCUT2D eigenvalue weighted by molar-refractivity contribution is -0.150. The molecule has 2 N–H and O–H groups in total. The molecule has 0 aliphatic carbocycles. The van der Waals surface area contributed by atoms with Gasteiger partial charge in [0.25, 0.3) is 0 Å². The highest BCUT2D eigenvalue weighted by atomic mass is 16.4. The van der Waals surface area contributed by atoms with Gasteiger partial charge in [-0.25, -0.2) is 0 Å². The van der Waals surface area contributed by atoms with Crippen LogP contribution in [-0.2, 0) is 11.2 Å². The first kappa shape index (κ1) is 14.5. The molecule has 0 bridgehead atoms. The van der Waals surface area contributed by atoms with Gasteiger partial charge in [0.2, 0.25) is 0 Å². The summed E-state index contributed by atoms with van der Waals surface area (Å²) < 4.78 is 0. The quantitative estimate of drug-likeness (QED) is 0.813. The summed E-state index contributed by atoms with van der Waals surface area (Å²) in [5.41, 5.74) is -0.00916. The molecule has 0 spiro atoms. The number of benzene rings is 1. The number of phenolic OH excluding ortho intramolecular Hbond substituents is 1. The molecule has 100 valence electrons. The molecule has 0 amide bonds. The zero-order valence-corrected chi connectivity index (χ0v) is 11.2. The van der Waals surface area contributed by atoms with Crippen molar-refractivity contribution in [3.05, 3.63) is 29.8 Å². The van der Waals surface area contributed by atoms with E-state index in [1.807, 2.05) is 18.7 Å². The molecule has 1 unspecified atom stereocenters. The molecule has 4 heteroatoms. The average Bonchev–Trinajstić information content (AvgIpc) is 2.33.